The Bertz CT molecular complexity index is 255. The normalized spacial score (nSPS) is 49.5. The molecule has 0 spiro atoms. The molecule has 0 saturated carbocycles. The van der Waals surface area contributed by atoms with Crippen molar-refractivity contribution < 1.29 is 0 Å². The Balaban J connectivity index is 2.25. The summed E-state index contributed by atoms with van der Waals surface area (Å²) in [5.41, 5.74) is 0. The molecule has 0 N–H and O–H groups in total. The van der Waals surface area contributed by atoms with Gasteiger partial charge < -0.3 is 0 Å². The van der Waals surface area contributed by atoms with E-state index < -0.39 is 0 Å². The van der Waals surface area contributed by atoms with Gasteiger partial charge in [-0.1, -0.05) is 34.0 Å². The summed E-state index contributed by atoms with van der Waals surface area (Å²) < 4.78 is 0. The van der Waals surface area contributed by atoms with Crippen LogP contribution >= 0.6 is 0 Å². The molecule has 0 aliphatic carbocycles. The third-order valence-corrected chi connectivity index (χ3v) is 5.95. The Hall–Kier alpha value is 0.0249. The summed E-state index contributed by atoms with van der Waals surface area (Å²) in [4.78, 5) is 2.84. The average Bonchev–Trinajstić information content (AvgIpc) is 2.54. The molecule has 0 aromatic carbocycles. The maximum Gasteiger partial charge on any atom is 0.149 e. The second kappa shape index (κ2) is 4.36. The van der Waals surface area contributed by atoms with Crippen LogP contribution in [-0.2, 0) is 0 Å². The smallest absolute Gasteiger partial charge is 0.149 e. The van der Waals surface area contributed by atoms with E-state index in [1.54, 1.807) is 0 Å². The van der Waals surface area contributed by atoms with E-state index in [4.69, 9.17) is 0 Å². The molecule has 2 heteroatoms. The Morgan fingerprint density at radius 1 is 1.00 bits per heavy atom. The quantitative estimate of drug-likeness (QED) is 0.609. The number of fused-ring (bicyclic) bond motifs is 1. The summed E-state index contributed by atoms with van der Waals surface area (Å²) in [5.74, 6) is 2.64. The zero-order valence-electron chi connectivity index (χ0n) is 11.9. The summed E-state index contributed by atoms with van der Waals surface area (Å²) in [6.07, 6.45) is 2.79. The summed E-state index contributed by atoms with van der Waals surface area (Å²) in [7, 11) is 0. The Labute approximate surface area is 102 Å². The van der Waals surface area contributed by atoms with Crippen LogP contribution < -0.4 is 0 Å². The van der Waals surface area contributed by atoms with Crippen LogP contribution in [-0.4, -0.2) is 29.7 Å². The van der Waals surface area contributed by atoms with Crippen molar-refractivity contribution in [3.8, 4) is 0 Å². The zero-order chi connectivity index (χ0) is 12.0. The minimum atomic E-state index is 0.783. The van der Waals surface area contributed by atoms with E-state index in [1.807, 2.05) is 0 Å². The molecule has 92 valence electrons. The minimum Gasteiger partial charge on any atom is -0.296 e. The Kier molecular flexibility index (Phi) is 3.40. The van der Waals surface area contributed by atoms with Gasteiger partial charge in [0.1, 0.15) is 6.71 Å². The molecule has 6 atom stereocenters. The van der Waals surface area contributed by atoms with Gasteiger partial charge in [0.25, 0.3) is 0 Å². The van der Waals surface area contributed by atoms with Crippen molar-refractivity contribution in [2.45, 2.75) is 84.0 Å². The number of rotatable bonds is 1. The molecule has 2 aliphatic heterocycles. The van der Waals surface area contributed by atoms with Gasteiger partial charge in [-0.05, 0) is 37.8 Å². The van der Waals surface area contributed by atoms with Crippen molar-refractivity contribution in [2.24, 2.45) is 5.92 Å². The van der Waals surface area contributed by atoms with Crippen molar-refractivity contribution in [1.82, 2.24) is 4.90 Å². The highest BCUT2D eigenvalue weighted by Gasteiger charge is 2.50. The third kappa shape index (κ3) is 1.65. The molecule has 2 rings (SSSR count). The second-order valence-electron chi connectivity index (χ2n) is 6.50. The lowest BCUT2D eigenvalue weighted by atomic mass is 9.29. The molecule has 2 aliphatic rings. The van der Waals surface area contributed by atoms with E-state index in [2.05, 4.69) is 46.4 Å². The second-order valence-corrected chi connectivity index (χ2v) is 6.50. The average molecular weight is 221 g/mol. The predicted molar refractivity (Wildman–Crippen MR) is 73.4 cm³/mol. The molecule has 0 unspecified atom stereocenters. The molecule has 0 bridgehead atoms. The van der Waals surface area contributed by atoms with Crippen LogP contribution in [0, 0.1) is 5.92 Å². The topological polar surface area (TPSA) is 3.24 Å². The highest BCUT2D eigenvalue weighted by Crippen LogP contribution is 2.47. The summed E-state index contributed by atoms with van der Waals surface area (Å²) in [6, 6.07) is 2.44. The molecular weight excluding hydrogens is 193 g/mol. The lowest BCUT2D eigenvalue weighted by molar-refractivity contribution is 0.117. The lowest BCUT2D eigenvalue weighted by Gasteiger charge is -2.49. The van der Waals surface area contributed by atoms with Gasteiger partial charge in [-0.25, -0.2) is 0 Å². The van der Waals surface area contributed by atoms with Gasteiger partial charge in [0.15, 0.2) is 0 Å². The number of hydrogen-bond donors (Lipinski definition) is 0. The highest BCUT2D eigenvalue weighted by molar-refractivity contribution is 6.62. The van der Waals surface area contributed by atoms with Crippen LogP contribution in [0.5, 0.6) is 0 Å². The monoisotopic (exact) mass is 221 g/mol. The van der Waals surface area contributed by atoms with Gasteiger partial charge in [0.2, 0.25) is 0 Å². The van der Waals surface area contributed by atoms with Gasteiger partial charge in [0, 0.05) is 18.1 Å². The fourth-order valence-electron chi connectivity index (χ4n) is 4.59. The van der Waals surface area contributed by atoms with Crippen molar-refractivity contribution in [2.75, 3.05) is 0 Å². The Morgan fingerprint density at radius 2 is 1.62 bits per heavy atom. The van der Waals surface area contributed by atoms with Gasteiger partial charge in [-0.2, -0.15) is 0 Å². The van der Waals surface area contributed by atoms with E-state index >= 15 is 0 Å². The lowest BCUT2D eigenvalue weighted by Crippen LogP contribution is -2.55. The first-order chi connectivity index (χ1) is 7.49. The fraction of sp³-hybridized carbons (Fsp3) is 1.00. The summed E-state index contributed by atoms with van der Waals surface area (Å²) >= 11 is 0. The largest absolute Gasteiger partial charge is 0.296 e. The first-order valence-electron chi connectivity index (χ1n) is 7.26. The van der Waals surface area contributed by atoms with E-state index in [0.717, 1.165) is 42.4 Å². The minimum absolute atomic E-state index is 0.783. The molecule has 0 aromatic rings. The van der Waals surface area contributed by atoms with Gasteiger partial charge in [0.05, 0.1) is 0 Å². The maximum absolute atomic E-state index is 2.84. The molecular formula is C14H28BN. The van der Waals surface area contributed by atoms with Gasteiger partial charge >= 0.3 is 0 Å². The number of nitrogens with zero attached hydrogens (tertiary/aromatic N) is 1. The molecule has 0 radical (unpaired) electrons. The van der Waals surface area contributed by atoms with Crippen LogP contribution in [0.3, 0.4) is 0 Å². The molecule has 1 nitrogen and oxygen atoms in total. The molecule has 2 saturated heterocycles. The fourth-order valence-corrected chi connectivity index (χ4v) is 4.59. The van der Waals surface area contributed by atoms with Crippen LogP contribution in [0.2, 0.25) is 18.0 Å². The predicted octanol–water partition coefficient (Wildman–Crippen LogP) is 3.78. The van der Waals surface area contributed by atoms with Crippen LogP contribution in [0.15, 0.2) is 0 Å². The maximum atomic E-state index is 2.84. The van der Waals surface area contributed by atoms with E-state index in [9.17, 15) is 0 Å². The van der Waals surface area contributed by atoms with Crippen LogP contribution in [0.1, 0.15) is 48.0 Å². The first-order valence-corrected chi connectivity index (χ1v) is 7.26. The summed E-state index contributed by atoms with van der Waals surface area (Å²) in [6.45, 7) is 15.6. The standard InChI is InChI=1S/C14H28BN/c1-7-15-10(3)13(6)16-12(5)9(2)8-14(16)11(15)4/h9-14H,7-8H2,1-6H3/t9-,10-,11+,12-,13+,14-/m0/s1. The number of hydrogen-bond acceptors (Lipinski definition) is 1. The molecule has 16 heavy (non-hydrogen) atoms. The summed E-state index contributed by atoms with van der Waals surface area (Å²) in [5, 5.41) is 0. The molecule has 2 fully saturated rings. The van der Waals surface area contributed by atoms with Gasteiger partial charge in [-0.3, -0.25) is 4.90 Å². The Morgan fingerprint density at radius 3 is 2.19 bits per heavy atom. The van der Waals surface area contributed by atoms with Crippen LogP contribution in [0.25, 0.3) is 0 Å². The van der Waals surface area contributed by atoms with E-state index in [1.165, 1.54) is 12.7 Å². The van der Waals surface area contributed by atoms with Gasteiger partial charge in [-0.15, -0.1) is 0 Å². The van der Waals surface area contributed by atoms with Crippen LogP contribution in [0.4, 0.5) is 0 Å². The van der Waals surface area contributed by atoms with Crippen molar-refractivity contribution in [3.63, 3.8) is 0 Å². The SMILES string of the molecule is CCB1[C@@H](C)[C@@H](C)N2[C@@H](C)[C@@H](C)C[C@H]2[C@H]1C. The first kappa shape index (κ1) is 12.5. The van der Waals surface area contributed by atoms with Crippen molar-refractivity contribution in [3.05, 3.63) is 0 Å². The third-order valence-electron chi connectivity index (χ3n) is 5.95. The molecule has 0 amide bonds. The van der Waals surface area contributed by atoms with Crippen molar-refractivity contribution in [1.29, 1.82) is 0 Å². The van der Waals surface area contributed by atoms with E-state index in [0.29, 0.717) is 0 Å². The molecule has 0 aromatic heterocycles. The zero-order valence-corrected chi connectivity index (χ0v) is 11.9. The van der Waals surface area contributed by atoms with E-state index in [-0.39, 0.29) is 0 Å². The molecule has 2 heterocycles. The van der Waals surface area contributed by atoms with Crippen molar-refractivity contribution >= 4 is 6.71 Å². The highest BCUT2D eigenvalue weighted by atomic mass is 15.2.